The smallest absolute Gasteiger partial charge is 0.338 e. The van der Waals surface area contributed by atoms with Crippen LogP contribution in [0, 0.1) is 0 Å². The van der Waals surface area contributed by atoms with Crippen LogP contribution in [0.3, 0.4) is 0 Å². The number of carbonyl (C=O) groups is 3. The molecule has 0 saturated carbocycles. The standard InChI is InChI=1S/C24H25N3O7S2/c1-3-34-23(30)17-8-11-19-20(14-17)35-24(27(19)15-21(28)33-2)25-22(29)16-6-9-18(10-7-16)36(31,32)26-12-4-5-13-26/h6-11,14H,3-5,12-13,15H2,1-2H3. The van der Waals surface area contributed by atoms with E-state index in [9.17, 15) is 22.8 Å². The van der Waals surface area contributed by atoms with E-state index in [0.29, 0.717) is 28.9 Å². The van der Waals surface area contributed by atoms with Gasteiger partial charge in [-0.05, 0) is 62.2 Å². The molecule has 12 heteroatoms. The van der Waals surface area contributed by atoms with Gasteiger partial charge in [0, 0.05) is 18.7 Å². The second kappa shape index (κ2) is 10.7. The number of nitrogens with zero attached hydrogens (tertiary/aromatic N) is 3. The first-order valence-electron chi connectivity index (χ1n) is 11.3. The molecule has 1 aromatic heterocycles. The molecule has 0 aliphatic carbocycles. The number of esters is 2. The Morgan fingerprint density at radius 3 is 2.33 bits per heavy atom. The van der Waals surface area contributed by atoms with Crippen molar-refractivity contribution in [2.24, 2.45) is 4.99 Å². The van der Waals surface area contributed by atoms with Crippen LogP contribution in [0.2, 0.25) is 0 Å². The minimum atomic E-state index is -3.60. The molecule has 36 heavy (non-hydrogen) atoms. The Hall–Kier alpha value is -3.35. The molecule has 3 aromatic rings. The molecule has 1 saturated heterocycles. The molecule has 1 aliphatic rings. The van der Waals surface area contributed by atoms with Crippen LogP contribution in [0.5, 0.6) is 0 Å². The molecule has 0 N–H and O–H groups in total. The molecule has 2 aromatic carbocycles. The third kappa shape index (κ3) is 5.25. The van der Waals surface area contributed by atoms with E-state index in [1.54, 1.807) is 25.1 Å². The highest BCUT2D eigenvalue weighted by atomic mass is 32.2. The van der Waals surface area contributed by atoms with Crippen LogP contribution in [-0.2, 0) is 30.8 Å². The quantitative estimate of drug-likeness (QED) is 0.429. The summed E-state index contributed by atoms with van der Waals surface area (Å²) in [6.07, 6.45) is 1.66. The number of carbonyl (C=O) groups excluding carboxylic acids is 3. The van der Waals surface area contributed by atoms with Crippen LogP contribution >= 0.6 is 11.3 Å². The number of amides is 1. The Bertz CT molecular complexity index is 1480. The summed E-state index contributed by atoms with van der Waals surface area (Å²) < 4.78 is 38.9. The first-order chi connectivity index (χ1) is 17.2. The molecule has 2 heterocycles. The van der Waals surface area contributed by atoms with E-state index >= 15 is 0 Å². The summed E-state index contributed by atoms with van der Waals surface area (Å²) in [4.78, 5) is 41.7. The van der Waals surface area contributed by atoms with Crippen molar-refractivity contribution in [1.82, 2.24) is 8.87 Å². The number of aromatic nitrogens is 1. The number of hydrogen-bond acceptors (Lipinski definition) is 8. The first-order valence-corrected chi connectivity index (χ1v) is 13.6. The number of rotatable bonds is 7. The fraction of sp³-hybridized carbons (Fsp3) is 0.333. The molecule has 0 atom stereocenters. The summed E-state index contributed by atoms with van der Waals surface area (Å²) in [5, 5.41) is 0. The molecule has 1 fully saturated rings. The van der Waals surface area contributed by atoms with Gasteiger partial charge in [-0.15, -0.1) is 0 Å². The van der Waals surface area contributed by atoms with Crippen LogP contribution in [-0.4, -0.2) is 61.9 Å². The summed E-state index contributed by atoms with van der Waals surface area (Å²) in [7, 11) is -2.34. The molecule has 0 spiro atoms. The number of fused-ring (bicyclic) bond motifs is 1. The van der Waals surface area contributed by atoms with Gasteiger partial charge in [0.15, 0.2) is 4.80 Å². The molecule has 4 rings (SSSR count). The van der Waals surface area contributed by atoms with Crippen molar-refractivity contribution in [2.45, 2.75) is 31.2 Å². The molecule has 0 unspecified atom stereocenters. The minimum Gasteiger partial charge on any atom is -0.468 e. The lowest BCUT2D eigenvalue weighted by Gasteiger charge is -2.15. The molecule has 190 valence electrons. The van der Waals surface area contributed by atoms with Crippen molar-refractivity contribution in [3.8, 4) is 0 Å². The lowest BCUT2D eigenvalue weighted by atomic mass is 10.2. The molecule has 10 nitrogen and oxygen atoms in total. The Morgan fingerprint density at radius 1 is 1.03 bits per heavy atom. The van der Waals surface area contributed by atoms with Crippen molar-refractivity contribution in [1.29, 1.82) is 0 Å². The highest BCUT2D eigenvalue weighted by Crippen LogP contribution is 2.22. The van der Waals surface area contributed by atoms with Gasteiger partial charge < -0.3 is 14.0 Å². The summed E-state index contributed by atoms with van der Waals surface area (Å²) in [6.45, 7) is 2.73. The topological polar surface area (TPSA) is 124 Å². The van der Waals surface area contributed by atoms with Gasteiger partial charge in [-0.25, -0.2) is 13.2 Å². The maximum atomic E-state index is 13.0. The largest absolute Gasteiger partial charge is 0.468 e. The predicted octanol–water partition coefficient (Wildman–Crippen LogP) is 2.58. The number of benzene rings is 2. The zero-order valence-corrected chi connectivity index (χ0v) is 21.4. The molecule has 0 bridgehead atoms. The zero-order chi connectivity index (χ0) is 25.9. The van der Waals surface area contributed by atoms with Gasteiger partial charge in [-0.2, -0.15) is 9.30 Å². The number of thiazole rings is 1. The summed E-state index contributed by atoms with van der Waals surface area (Å²) in [5.74, 6) is -1.61. The molecular formula is C24H25N3O7S2. The van der Waals surface area contributed by atoms with Gasteiger partial charge in [0.25, 0.3) is 5.91 Å². The SMILES string of the molecule is CCOC(=O)c1ccc2c(c1)sc(=NC(=O)c1ccc(S(=O)(=O)N3CCCC3)cc1)n2CC(=O)OC. The highest BCUT2D eigenvalue weighted by molar-refractivity contribution is 7.89. The van der Waals surface area contributed by atoms with E-state index in [1.807, 2.05) is 0 Å². The van der Waals surface area contributed by atoms with Gasteiger partial charge in [0.1, 0.15) is 6.54 Å². The van der Waals surface area contributed by atoms with Crippen LogP contribution < -0.4 is 4.80 Å². The third-order valence-corrected chi connectivity index (χ3v) is 8.66. The van der Waals surface area contributed by atoms with E-state index in [2.05, 4.69) is 4.99 Å². The van der Waals surface area contributed by atoms with Gasteiger partial charge in [0.05, 0.1) is 34.4 Å². The van der Waals surface area contributed by atoms with Crippen molar-refractivity contribution < 1.29 is 32.3 Å². The van der Waals surface area contributed by atoms with Crippen molar-refractivity contribution in [3.63, 3.8) is 0 Å². The maximum absolute atomic E-state index is 13.0. The van der Waals surface area contributed by atoms with Gasteiger partial charge in [-0.3, -0.25) is 9.59 Å². The number of sulfonamides is 1. The molecular weight excluding hydrogens is 506 g/mol. The zero-order valence-electron chi connectivity index (χ0n) is 19.8. The molecule has 0 radical (unpaired) electrons. The van der Waals surface area contributed by atoms with E-state index in [4.69, 9.17) is 9.47 Å². The van der Waals surface area contributed by atoms with Gasteiger partial charge in [-0.1, -0.05) is 11.3 Å². The predicted molar refractivity (Wildman–Crippen MR) is 132 cm³/mol. The average molecular weight is 532 g/mol. The van der Waals surface area contributed by atoms with Crippen LogP contribution in [0.15, 0.2) is 52.4 Å². The normalized spacial score (nSPS) is 14.8. The lowest BCUT2D eigenvalue weighted by Crippen LogP contribution is -2.27. The number of ether oxygens (including phenoxy) is 2. The van der Waals surface area contributed by atoms with Crippen molar-refractivity contribution >= 4 is 49.4 Å². The maximum Gasteiger partial charge on any atom is 0.338 e. The summed E-state index contributed by atoms with van der Waals surface area (Å²) in [5.41, 5.74) is 1.13. The van der Waals surface area contributed by atoms with Crippen LogP contribution in [0.1, 0.15) is 40.5 Å². The highest BCUT2D eigenvalue weighted by Gasteiger charge is 2.27. The third-order valence-electron chi connectivity index (χ3n) is 5.71. The van der Waals surface area contributed by atoms with Crippen LogP contribution in [0.4, 0.5) is 0 Å². The fourth-order valence-electron chi connectivity index (χ4n) is 3.84. The van der Waals surface area contributed by atoms with Gasteiger partial charge in [0.2, 0.25) is 10.0 Å². The van der Waals surface area contributed by atoms with Crippen molar-refractivity contribution in [3.05, 3.63) is 58.4 Å². The lowest BCUT2D eigenvalue weighted by molar-refractivity contribution is -0.141. The van der Waals surface area contributed by atoms with E-state index in [0.717, 1.165) is 24.2 Å². The molecule has 1 amide bonds. The number of hydrogen-bond donors (Lipinski definition) is 0. The van der Waals surface area contributed by atoms with Gasteiger partial charge >= 0.3 is 11.9 Å². The number of methoxy groups -OCH3 is 1. The van der Waals surface area contributed by atoms with E-state index in [-0.39, 0.29) is 28.4 Å². The average Bonchev–Trinajstić information content (AvgIpc) is 3.53. The molecule has 1 aliphatic heterocycles. The second-order valence-corrected chi connectivity index (χ2v) is 10.9. The Balaban J connectivity index is 1.70. The van der Waals surface area contributed by atoms with E-state index in [1.165, 1.54) is 40.2 Å². The first kappa shape index (κ1) is 25.7. The summed E-state index contributed by atoms with van der Waals surface area (Å²) in [6, 6.07) is 10.5. The van der Waals surface area contributed by atoms with Crippen molar-refractivity contribution in [2.75, 3.05) is 26.8 Å². The Morgan fingerprint density at radius 2 is 1.69 bits per heavy atom. The monoisotopic (exact) mass is 531 g/mol. The Kier molecular flexibility index (Phi) is 7.67. The minimum absolute atomic E-state index is 0.120. The fourth-order valence-corrected chi connectivity index (χ4v) is 6.43. The van der Waals surface area contributed by atoms with E-state index < -0.39 is 27.9 Å². The van der Waals surface area contributed by atoms with Crippen LogP contribution in [0.25, 0.3) is 10.2 Å². The second-order valence-electron chi connectivity index (χ2n) is 8.00. The Labute approximate surface area is 211 Å². The summed E-state index contributed by atoms with van der Waals surface area (Å²) >= 11 is 1.13.